The molecule has 29 heavy (non-hydrogen) atoms. The van der Waals surface area contributed by atoms with E-state index in [2.05, 4.69) is 10.9 Å². The number of benzene rings is 2. The first-order chi connectivity index (χ1) is 13.8. The van der Waals surface area contributed by atoms with Crippen molar-refractivity contribution in [1.29, 1.82) is 0 Å². The van der Waals surface area contributed by atoms with E-state index >= 15 is 0 Å². The van der Waals surface area contributed by atoms with Gasteiger partial charge in [0, 0.05) is 11.6 Å². The summed E-state index contributed by atoms with van der Waals surface area (Å²) in [7, 11) is 0. The summed E-state index contributed by atoms with van der Waals surface area (Å²) in [4.78, 5) is 48.4. The van der Waals surface area contributed by atoms with E-state index in [1.807, 2.05) is 6.92 Å². The number of aryl methyl sites for hydroxylation is 1. The van der Waals surface area contributed by atoms with Gasteiger partial charge in [0.2, 0.25) is 5.76 Å². The molecule has 2 N–H and O–H groups in total. The predicted molar refractivity (Wildman–Crippen MR) is 104 cm³/mol. The van der Waals surface area contributed by atoms with Crippen LogP contribution >= 0.6 is 0 Å². The zero-order valence-corrected chi connectivity index (χ0v) is 15.7. The third-order valence-electron chi connectivity index (χ3n) is 4.07. The minimum atomic E-state index is -1.24. The molecule has 1 atom stereocenters. The molecular formula is C21H18N2O6. The van der Waals surface area contributed by atoms with Gasteiger partial charge in [-0.15, -0.1) is 0 Å². The number of esters is 1. The molecule has 0 saturated carbocycles. The van der Waals surface area contributed by atoms with Crippen LogP contribution in [0.1, 0.15) is 33.4 Å². The van der Waals surface area contributed by atoms with Crippen LogP contribution in [0, 0.1) is 6.92 Å². The molecule has 0 unspecified atom stereocenters. The molecule has 8 heteroatoms. The number of fused-ring (bicyclic) bond motifs is 1. The summed E-state index contributed by atoms with van der Waals surface area (Å²) in [6.07, 6.45) is -1.24. The molecule has 0 aliphatic heterocycles. The molecule has 0 bridgehead atoms. The van der Waals surface area contributed by atoms with Gasteiger partial charge in [0.05, 0.1) is 5.39 Å². The second-order valence-corrected chi connectivity index (χ2v) is 6.33. The first-order valence-corrected chi connectivity index (χ1v) is 8.76. The first-order valence-electron chi connectivity index (χ1n) is 8.76. The van der Waals surface area contributed by atoms with Gasteiger partial charge in [0.25, 0.3) is 11.8 Å². The van der Waals surface area contributed by atoms with Gasteiger partial charge in [0.1, 0.15) is 5.58 Å². The number of carbonyl (C=O) groups excluding carboxylic acids is 3. The van der Waals surface area contributed by atoms with Crippen LogP contribution in [0.5, 0.6) is 0 Å². The number of hydrogen-bond donors (Lipinski definition) is 2. The van der Waals surface area contributed by atoms with E-state index in [4.69, 9.17) is 9.15 Å². The summed E-state index contributed by atoms with van der Waals surface area (Å²) >= 11 is 0. The highest BCUT2D eigenvalue weighted by Gasteiger charge is 2.22. The first kappa shape index (κ1) is 19.8. The molecule has 0 fully saturated rings. The number of hydrogen-bond acceptors (Lipinski definition) is 6. The Kier molecular flexibility index (Phi) is 5.73. The topological polar surface area (TPSA) is 115 Å². The summed E-state index contributed by atoms with van der Waals surface area (Å²) in [5, 5.41) is 0.343. The van der Waals surface area contributed by atoms with E-state index in [-0.39, 0.29) is 11.3 Å². The Morgan fingerprint density at radius 3 is 2.45 bits per heavy atom. The maximum absolute atomic E-state index is 12.3. The van der Waals surface area contributed by atoms with Crippen LogP contribution in [0.25, 0.3) is 11.0 Å². The number of rotatable bonds is 4. The van der Waals surface area contributed by atoms with Crippen LogP contribution in [0.4, 0.5) is 0 Å². The third-order valence-corrected chi connectivity index (χ3v) is 4.07. The van der Waals surface area contributed by atoms with Gasteiger partial charge in [0.15, 0.2) is 11.5 Å². The van der Waals surface area contributed by atoms with Crippen molar-refractivity contribution in [3.63, 3.8) is 0 Å². The van der Waals surface area contributed by atoms with Crippen LogP contribution in [0.3, 0.4) is 0 Å². The number of carbonyl (C=O) groups is 3. The summed E-state index contributed by atoms with van der Waals surface area (Å²) in [5.74, 6) is -2.56. The standard InChI is InChI=1S/C21H18N2O6/c1-12-8-9-17-15(10-12)16(24)11-18(29-17)21(27)28-13(2)19(25)22-23-20(26)14-6-4-3-5-7-14/h3-11,13H,1-2H3,(H,22,25)(H,23,26)/t13-/m0/s1. The molecule has 0 saturated heterocycles. The molecule has 3 rings (SSSR count). The van der Waals surface area contributed by atoms with Crippen molar-refractivity contribution in [3.05, 3.63) is 81.7 Å². The van der Waals surface area contributed by atoms with E-state index in [1.54, 1.807) is 48.5 Å². The SMILES string of the molecule is Cc1ccc2oc(C(=O)O[C@@H](C)C(=O)NNC(=O)c3ccccc3)cc(=O)c2c1. The van der Waals surface area contributed by atoms with E-state index in [0.717, 1.165) is 11.6 Å². The highest BCUT2D eigenvalue weighted by atomic mass is 16.6. The summed E-state index contributed by atoms with van der Waals surface area (Å²) in [5.41, 5.74) is 5.48. The number of amides is 2. The minimum absolute atomic E-state index is 0.238. The minimum Gasteiger partial charge on any atom is -0.449 e. The Balaban J connectivity index is 1.63. The van der Waals surface area contributed by atoms with Gasteiger partial charge in [-0.2, -0.15) is 0 Å². The van der Waals surface area contributed by atoms with E-state index in [1.165, 1.54) is 6.92 Å². The van der Waals surface area contributed by atoms with Crippen molar-refractivity contribution in [2.45, 2.75) is 20.0 Å². The monoisotopic (exact) mass is 394 g/mol. The lowest BCUT2D eigenvalue weighted by atomic mass is 10.1. The zero-order valence-electron chi connectivity index (χ0n) is 15.7. The van der Waals surface area contributed by atoms with Crippen molar-refractivity contribution in [3.8, 4) is 0 Å². The molecule has 1 heterocycles. The van der Waals surface area contributed by atoms with Crippen LogP contribution in [-0.4, -0.2) is 23.9 Å². The maximum Gasteiger partial charge on any atom is 0.375 e. The molecule has 0 aliphatic rings. The molecular weight excluding hydrogens is 376 g/mol. The van der Waals surface area contributed by atoms with Crippen molar-refractivity contribution in [1.82, 2.24) is 10.9 Å². The molecule has 2 amide bonds. The Morgan fingerprint density at radius 1 is 1.00 bits per heavy atom. The normalized spacial score (nSPS) is 11.5. The summed E-state index contributed by atoms with van der Waals surface area (Å²) < 4.78 is 10.4. The molecule has 2 aromatic carbocycles. The summed E-state index contributed by atoms with van der Waals surface area (Å²) in [6, 6.07) is 14.3. The molecule has 1 aromatic heterocycles. The largest absolute Gasteiger partial charge is 0.449 e. The van der Waals surface area contributed by atoms with Gasteiger partial charge in [-0.3, -0.25) is 25.2 Å². The van der Waals surface area contributed by atoms with Crippen molar-refractivity contribution in [2.24, 2.45) is 0 Å². The highest BCUT2D eigenvalue weighted by molar-refractivity contribution is 5.96. The zero-order chi connectivity index (χ0) is 21.0. The van der Waals surface area contributed by atoms with Crippen molar-refractivity contribution >= 4 is 28.8 Å². The Hall–Kier alpha value is -3.94. The average molecular weight is 394 g/mol. The lowest BCUT2D eigenvalue weighted by Crippen LogP contribution is -2.46. The average Bonchev–Trinajstić information content (AvgIpc) is 2.72. The molecule has 148 valence electrons. The van der Waals surface area contributed by atoms with Gasteiger partial charge >= 0.3 is 5.97 Å². The highest BCUT2D eigenvalue weighted by Crippen LogP contribution is 2.15. The van der Waals surface area contributed by atoms with Gasteiger partial charge in [-0.1, -0.05) is 29.8 Å². The lowest BCUT2D eigenvalue weighted by Gasteiger charge is -2.14. The molecule has 8 nitrogen and oxygen atoms in total. The predicted octanol–water partition coefficient (Wildman–Crippen LogP) is 2.11. The fourth-order valence-corrected chi connectivity index (χ4v) is 2.52. The second kappa shape index (κ2) is 8.39. The lowest BCUT2D eigenvalue weighted by molar-refractivity contribution is -0.129. The quantitative estimate of drug-likeness (QED) is 0.517. The van der Waals surface area contributed by atoms with Crippen LogP contribution in [-0.2, 0) is 9.53 Å². The number of ether oxygens (including phenoxy) is 1. The molecule has 3 aromatic rings. The Bertz CT molecular complexity index is 1140. The fourth-order valence-electron chi connectivity index (χ4n) is 2.52. The number of hydrazine groups is 1. The van der Waals surface area contributed by atoms with Gasteiger partial charge in [-0.05, 0) is 38.1 Å². The van der Waals surface area contributed by atoms with E-state index in [0.29, 0.717) is 10.9 Å². The molecule has 0 spiro atoms. The fraction of sp³-hybridized carbons (Fsp3) is 0.143. The second-order valence-electron chi connectivity index (χ2n) is 6.33. The van der Waals surface area contributed by atoms with Crippen LogP contribution in [0.15, 0.2) is 63.8 Å². The Morgan fingerprint density at radius 2 is 1.72 bits per heavy atom. The molecule has 0 radical (unpaired) electrons. The molecule has 0 aliphatic carbocycles. The Labute approximate surface area is 165 Å². The number of nitrogens with one attached hydrogen (secondary N) is 2. The van der Waals surface area contributed by atoms with Crippen LogP contribution < -0.4 is 16.3 Å². The summed E-state index contributed by atoms with van der Waals surface area (Å²) in [6.45, 7) is 3.16. The van der Waals surface area contributed by atoms with Gasteiger partial charge < -0.3 is 9.15 Å². The van der Waals surface area contributed by atoms with Crippen molar-refractivity contribution < 1.29 is 23.5 Å². The smallest absolute Gasteiger partial charge is 0.375 e. The van der Waals surface area contributed by atoms with Crippen LogP contribution in [0.2, 0.25) is 0 Å². The maximum atomic E-state index is 12.3. The van der Waals surface area contributed by atoms with E-state index < -0.39 is 29.3 Å². The third kappa shape index (κ3) is 4.67. The van der Waals surface area contributed by atoms with Gasteiger partial charge in [-0.25, -0.2) is 4.79 Å². The van der Waals surface area contributed by atoms with E-state index in [9.17, 15) is 19.2 Å². The van der Waals surface area contributed by atoms with Crippen molar-refractivity contribution in [2.75, 3.05) is 0 Å².